The number of aromatic carboxylic acids is 1. The minimum absolute atomic E-state index is 0.0946. The number of aryl methyl sites for hydroxylation is 1. The van der Waals surface area contributed by atoms with Gasteiger partial charge in [-0.1, -0.05) is 0 Å². The molecular formula is C13H10N2O5. The summed E-state index contributed by atoms with van der Waals surface area (Å²) in [6.45, 7) is 1.69. The smallest absolute Gasteiger partial charge is 0.339 e. The van der Waals surface area contributed by atoms with E-state index in [1.807, 2.05) is 0 Å². The molecule has 0 unspecified atom stereocenters. The number of hydrogen-bond acceptors (Lipinski definition) is 5. The van der Waals surface area contributed by atoms with Gasteiger partial charge in [0.2, 0.25) is 0 Å². The van der Waals surface area contributed by atoms with Crippen molar-refractivity contribution in [2.75, 3.05) is 0 Å². The molecule has 0 aliphatic rings. The van der Waals surface area contributed by atoms with Crippen molar-refractivity contribution in [1.29, 1.82) is 0 Å². The summed E-state index contributed by atoms with van der Waals surface area (Å²) < 4.78 is 5.44. The van der Waals surface area contributed by atoms with Crippen LogP contribution in [0.25, 0.3) is 0 Å². The van der Waals surface area contributed by atoms with Crippen molar-refractivity contribution in [2.24, 2.45) is 0 Å². The number of non-ortho nitro benzene ring substituents is 1. The number of pyridine rings is 1. The second kappa shape index (κ2) is 5.35. The Hall–Kier alpha value is -2.96. The summed E-state index contributed by atoms with van der Waals surface area (Å²) in [6, 6.07) is 6.57. The number of carboxylic acid groups (broad SMARTS) is 1. The zero-order valence-corrected chi connectivity index (χ0v) is 10.4. The number of carboxylic acids is 1. The lowest BCUT2D eigenvalue weighted by Crippen LogP contribution is -2.02. The Labute approximate surface area is 113 Å². The first-order chi connectivity index (χ1) is 9.49. The lowest BCUT2D eigenvalue weighted by Gasteiger charge is -2.10. The molecule has 2 rings (SSSR count). The van der Waals surface area contributed by atoms with E-state index in [-0.39, 0.29) is 17.0 Å². The van der Waals surface area contributed by atoms with Gasteiger partial charge in [0.25, 0.3) is 5.69 Å². The van der Waals surface area contributed by atoms with Crippen molar-refractivity contribution < 1.29 is 19.6 Å². The first-order valence-electron chi connectivity index (χ1n) is 5.60. The molecule has 7 heteroatoms. The number of carbonyl (C=O) groups is 1. The van der Waals surface area contributed by atoms with Crippen molar-refractivity contribution in [1.82, 2.24) is 4.98 Å². The first-order valence-corrected chi connectivity index (χ1v) is 5.60. The standard InChI is InChI=1S/C13H10N2O5/c1-8-11(3-2-6-14-8)20-12-7-9(15(18)19)4-5-10(12)13(16)17/h2-7H,1H3,(H,16,17). The summed E-state index contributed by atoms with van der Waals surface area (Å²) in [7, 11) is 0. The third kappa shape index (κ3) is 2.72. The van der Waals surface area contributed by atoms with Gasteiger partial charge in [-0.2, -0.15) is 0 Å². The van der Waals surface area contributed by atoms with Crippen LogP contribution in [0.3, 0.4) is 0 Å². The van der Waals surface area contributed by atoms with Crippen LogP contribution in [0.1, 0.15) is 16.1 Å². The molecule has 0 aliphatic heterocycles. The van der Waals surface area contributed by atoms with E-state index in [0.717, 1.165) is 18.2 Å². The molecule has 0 amide bonds. The second-order valence-corrected chi connectivity index (χ2v) is 3.93. The lowest BCUT2D eigenvalue weighted by atomic mass is 10.2. The van der Waals surface area contributed by atoms with Gasteiger partial charge in [-0.15, -0.1) is 0 Å². The number of ether oxygens (including phenoxy) is 1. The number of rotatable bonds is 4. The molecule has 7 nitrogen and oxygen atoms in total. The van der Waals surface area contributed by atoms with E-state index >= 15 is 0 Å². The van der Waals surface area contributed by atoms with E-state index in [0.29, 0.717) is 11.4 Å². The van der Waals surface area contributed by atoms with Crippen LogP contribution in [0, 0.1) is 17.0 Å². The average molecular weight is 274 g/mol. The first kappa shape index (κ1) is 13.5. The van der Waals surface area contributed by atoms with Gasteiger partial charge in [0.05, 0.1) is 16.7 Å². The molecule has 1 N–H and O–H groups in total. The third-order valence-electron chi connectivity index (χ3n) is 2.58. The van der Waals surface area contributed by atoms with Crippen LogP contribution in [0.2, 0.25) is 0 Å². The van der Waals surface area contributed by atoms with Crippen molar-refractivity contribution in [3.05, 3.63) is 57.9 Å². The van der Waals surface area contributed by atoms with E-state index < -0.39 is 10.9 Å². The van der Waals surface area contributed by atoms with Crippen molar-refractivity contribution in [2.45, 2.75) is 6.92 Å². The van der Waals surface area contributed by atoms with Crippen LogP contribution >= 0.6 is 0 Å². The highest BCUT2D eigenvalue weighted by Crippen LogP contribution is 2.30. The Morgan fingerprint density at radius 3 is 2.70 bits per heavy atom. The van der Waals surface area contributed by atoms with Crippen LogP contribution in [0.4, 0.5) is 5.69 Å². The minimum Gasteiger partial charge on any atom is -0.478 e. The Kier molecular flexibility index (Phi) is 3.60. The van der Waals surface area contributed by atoms with Crippen molar-refractivity contribution >= 4 is 11.7 Å². The van der Waals surface area contributed by atoms with E-state index in [2.05, 4.69) is 4.98 Å². The molecule has 20 heavy (non-hydrogen) atoms. The molecule has 1 aromatic heterocycles. The number of hydrogen-bond donors (Lipinski definition) is 1. The van der Waals surface area contributed by atoms with E-state index in [9.17, 15) is 14.9 Å². The molecule has 0 saturated carbocycles. The van der Waals surface area contributed by atoms with Gasteiger partial charge in [0.15, 0.2) is 0 Å². The quantitative estimate of drug-likeness (QED) is 0.679. The molecule has 2 aromatic rings. The predicted octanol–water partition coefficient (Wildman–Crippen LogP) is 2.79. The van der Waals surface area contributed by atoms with Gasteiger partial charge in [0, 0.05) is 12.3 Å². The monoisotopic (exact) mass is 274 g/mol. The number of aromatic nitrogens is 1. The number of benzene rings is 1. The summed E-state index contributed by atoms with van der Waals surface area (Å²) >= 11 is 0. The summed E-state index contributed by atoms with van der Waals surface area (Å²) in [4.78, 5) is 25.2. The second-order valence-electron chi connectivity index (χ2n) is 3.93. The molecule has 0 spiro atoms. The zero-order chi connectivity index (χ0) is 14.7. The molecule has 0 radical (unpaired) electrons. The number of nitro groups is 1. The van der Waals surface area contributed by atoms with Crippen molar-refractivity contribution in [3.8, 4) is 11.5 Å². The largest absolute Gasteiger partial charge is 0.478 e. The molecular weight excluding hydrogens is 264 g/mol. The summed E-state index contributed by atoms with van der Waals surface area (Å²) in [5, 5.41) is 19.8. The Morgan fingerprint density at radius 1 is 1.35 bits per heavy atom. The highest BCUT2D eigenvalue weighted by atomic mass is 16.6. The van der Waals surface area contributed by atoms with Gasteiger partial charge >= 0.3 is 5.97 Å². The average Bonchev–Trinajstić information content (AvgIpc) is 2.41. The normalized spacial score (nSPS) is 10.1. The molecule has 0 aliphatic carbocycles. The van der Waals surface area contributed by atoms with E-state index in [4.69, 9.17) is 9.84 Å². The molecule has 0 fully saturated rings. The fourth-order valence-electron chi connectivity index (χ4n) is 1.58. The topological polar surface area (TPSA) is 103 Å². The predicted molar refractivity (Wildman–Crippen MR) is 69.1 cm³/mol. The van der Waals surface area contributed by atoms with Crippen LogP contribution < -0.4 is 4.74 Å². The molecule has 0 atom stereocenters. The molecule has 1 heterocycles. The molecule has 102 valence electrons. The molecule has 0 bridgehead atoms. The van der Waals surface area contributed by atoms with Crippen LogP contribution in [0.5, 0.6) is 11.5 Å². The number of nitro benzene ring substituents is 1. The van der Waals surface area contributed by atoms with Crippen LogP contribution in [0.15, 0.2) is 36.5 Å². The van der Waals surface area contributed by atoms with Gasteiger partial charge in [-0.3, -0.25) is 15.1 Å². The van der Waals surface area contributed by atoms with Gasteiger partial charge in [-0.25, -0.2) is 4.79 Å². The number of nitrogens with zero attached hydrogens (tertiary/aromatic N) is 2. The highest BCUT2D eigenvalue weighted by Gasteiger charge is 2.17. The van der Waals surface area contributed by atoms with Crippen LogP contribution in [-0.2, 0) is 0 Å². The Morgan fingerprint density at radius 2 is 2.10 bits per heavy atom. The van der Waals surface area contributed by atoms with Crippen LogP contribution in [-0.4, -0.2) is 21.0 Å². The van der Waals surface area contributed by atoms with Gasteiger partial charge in [0.1, 0.15) is 17.1 Å². The van der Waals surface area contributed by atoms with Gasteiger partial charge in [-0.05, 0) is 25.1 Å². The fourth-order valence-corrected chi connectivity index (χ4v) is 1.58. The fraction of sp³-hybridized carbons (Fsp3) is 0.0769. The minimum atomic E-state index is -1.23. The summed E-state index contributed by atoms with van der Waals surface area (Å²) in [6.07, 6.45) is 1.56. The molecule has 1 aromatic carbocycles. The maximum Gasteiger partial charge on any atom is 0.339 e. The zero-order valence-electron chi connectivity index (χ0n) is 10.4. The lowest BCUT2D eigenvalue weighted by molar-refractivity contribution is -0.384. The Bertz CT molecular complexity index is 684. The van der Waals surface area contributed by atoms with Crippen molar-refractivity contribution in [3.63, 3.8) is 0 Å². The Balaban J connectivity index is 2.48. The molecule has 0 saturated heterocycles. The highest BCUT2D eigenvalue weighted by molar-refractivity contribution is 5.91. The van der Waals surface area contributed by atoms with E-state index in [1.54, 1.807) is 25.3 Å². The maximum absolute atomic E-state index is 11.1. The maximum atomic E-state index is 11.1. The van der Waals surface area contributed by atoms with E-state index in [1.165, 1.54) is 0 Å². The summed E-state index contributed by atoms with van der Waals surface area (Å²) in [5.74, 6) is -0.977. The SMILES string of the molecule is Cc1ncccc1Oc1cc([N+](=O)[O-])ccc1C(=O)O. The van der Waals surface area contributed by atoms with Gasteiger partial charge < -0.3 is 9.84 Å². The third-order valence-corrected chi connectivity index (χ3v) is 2.58. The summed E-state index contributed by atoms with van der Waals surface area (Å²) in [5.41, 5.74) is 0.153.